The Labute approximate surface area is 96.0 Å². The molecule has 1 amide bonds. The number of ether oxygens (including phenoxy) is 1. The molecule has 0 aliphatic rings. The van der Waals surface area contributed by atoms with Crippen molar-refractivity contribution in [3.05, 3.63) is 29.8 Å². The summed E-state index contributed by atoms with van der Waals surface area (Å²) in [6, 6.07) is 7.40. The number of benzene rings is 1. The largest absolute Gasteiger partial charge is 0.387 e. The van der Waals surface area contributed by atoms with Crippen molar-refractivity contribution in [2.45, 2.75) is 13.0 Å². The van der Waals surface area contributed by atoms with E-state index in [1.807, 2.05) is 25.1 Å². The minimum absolute atomic E-state index is 0.00223. The minimum atomic E-state index is -0.0884. The van der Waals surface area contributed by atoms with E-state index in [1.54, 1.807) is 20.2 Å². The molecule has 1 atom stereocenters. The van der Waals surface area contributed by atoms with Crippen LogP contribution in [0.5, 0.6) is 0 Å². The average molecular weight is 222 g/mol. The second-order valence-corrected chi connectivity index (χ2v) is 3.63. The van der Waals surface area contributed by atoms with E-state index in [2.05, 4.69) is 10.6 Å². The van der Waals surface area contributed by atoms with E-state index in [1.165, 1.54) is 0 Å². The number of hydrogen-bond donors (Lipinski definition) is 2. The van der Waals surface area contributed by atoms with Gasteiger partial charge in [-0.15, -0.1) is 0 Å². The van der Waals surface area contributed by atoms with Gasteiger partial charge in [-0.05, 0) is 19.1 Å². The molecule has 1 unspecified atom stereocenters. The first-order valence-electron chi connectivity index (χ1n) is 5.25. The lowest BCUT2D eigenvalue weighted by Gasteiger charge is -2.14. The fraction of sp³-hybridized carbons (Fsp3) is 0.417. The molecule has 0 aliphatic heterocycles. The number of carbonyl (C=O) groups excluding carboxylic acids is 1. The van der Waals surface area contributed by atoms with Gasteiger partial charge in [0.25, 0.3) is 5.91 Å². The standard InChI is InChI=1S/C12H18N2O2/c1-9(8-16-3)14-12(15)10-6-4-5-7-11(10)13-2/h4-7,9,13H,8H2,1-3H3,(H,14,15). The highest BCUT2D eigenvalue weighted by atomic mass is 16.5. The van der Waals surface area contributed by atoms with Gasteiger partial charge in [0.05, 0.1) is 12.2 Å². The Kier molecular flexibility index (Phi) is 4.79. The Morgan fingerprint density at radius 2 is 2.12 bits per heavy atom. The normalized spacial score (nSPS) is 11.9. The number of carbonyl (C=O) groups is 1. The molecule has 0 radical (unpaired) electrons. The van der Waals surface area contributed by atoms with Gasteiger partial charge < -0.3 is 15.4 Å². The van der Waals surface area contributed by atoms with Crippen molar-refractivity contribution in [2.75, 3.05) is 26.1 Å². The lowest BCUT2D eigenvalue weighted by Crippen LogP contribution is -2.35. The molecule has 0 saturated carbocycles. The fourth-order valence-electron chi connectivity index (χ4n) is 1.49. The van der Waals surface area contributed by atoms with Crippen molar-refractivity contribution in [2.24, 2.45) is 0 Å². The summed E-state index contributed by atoms with van der Waals surface area (Å²) in [4.78, 5) is 11.9. The second kappa shape index (κ2) is 6.12. The van der Waals surface area contributed by atoms with E-state index in [0.29, 0.717) is 12.2 Å². The molecule has 1 aromatic rings. The van der Waals surface area contributed by atoms with Gasteiger partial charge in [-0.1, -0.05) is 12.1 Å². The summed E-state index contributed by atoms with van der Waals surface area (Å²) < 4.78 is 4.97. The van der Waals surface area contributed by atoms with Crippen molar-refractivity contribution < 1.29 is 9.53 Å². The maximum Gasteiger partial charge on any atom is 0.253 e. The summed E-state index contributed by atoms with van der Waals surface area (Å²) in [5.41, 5.74) is 1.47. The van der Waals surface area contributed by atoms with E-state index in [9.17, 15) is 4.79 Å². The fourth-order valence-corrected chi connectivity index (χ4v) is 1.49. The third-order valence-corrected chi connectivity index (χ3v) is 2.24. The molecule has 1 rings (SSSR count). The van der Waals surface area contributed by atoms with Gasteiger partial charge in [0.15, 0.2) is 0 Å². The summed E-state index contributed by atoms with van der Waals surface area (Å²) in [6.45, 7) is 2.41. The molecule has 0 heterocycles. The van der Waals surface area contributed by atoms with Crippen LogP contribution in [0.1, 0.15) is 17.3 Å². The number of methoxy groups -OCH3 is 1. The maximum absolute atomic E-state index is 11.9. The van der Waals surface area contributed by atoms with Crippen LogP contribution in [0, 0.1) is 0 Å². The average Bonchev–Trinajstić information content (AvgIpc) is 2.29. The molecule has 16 heavy (non-hydrogen) atoms. The molecule has 0 spiro atoms. The van der Waals surface area contributed by atoms with Gasteiger partial charge in [-0.3, -0.25) is 4.79 Å². The molecule has 4 nitrogen and oxygen atoms in total. The Balaban J connectivity index is 2.72. The van der Waals surface area contributed by atoms with Crippen LogP contribution in [0.15, 0.2) is 24.3 Å². The second-order valence-electron chi connectivity index (χ2n) is 3.63. The van der Waals surface area contributed by atoms with E-state index < -0.39 is 0 Å². The van der Waals surface area contributed by atoms with E-state index in [-0.39, 0.29) is 11.9 Å². The van der Waals surface area contributed by atoms with Crippen LogP contribution in [0.3, 0.4) is 0 Å². The SMILES string of the molecule is CNc1ccccc1C(=O)NC(C)COC. The molecule has 0 saturated heterocycles. The Morgan fingerprint density at radius 1 is 1.44 bits per heavy atom. The predicted octanol–water partition coefficient (Wildman–Crippen LogP) is 1.49. The molecular weight excluding hydrogens is 204 g/mol. The summed E-state index contributed by atoms with van der Waals surface area (Å²) in [5, 5.41) is 5.86. The van der Waals surface area contributed by atoms with Gasteiger partial charge >= 0.3 is 0 Å². The summed E-state index contributed by atoms with van der Waals surface area (Å²) in [5.74, 6) is -0.0884. The Morgan fingerprint density at radius 3 is 2.75 bits per heavy atom. The van der Waals surface area contributed by atoms with Gasteiger partial charge in [0.2, 0.25) is 0 Å². The molecule has 4 heteroatoms. The molecule has 0 bridgehead atoms. The van der Waals surface area contributed by atoms with Gasteiger partial charge in [-0.2, -0.15) is 0 Å². The molecule has 88 valence electrons. The van der Waals surface area contributed by atoms with Crippen LogP contribution in [-0.2, 0) is 4.74 Å². The number of para-hydroxylation sites is 1. The van der Waals surface area contributed by atoms with E-state index >= 15 is 0 Å². The number of rotatable bonds is 5. The maximum atomic E-state index is 11.9. The van der Waals surface area contributed by atoms with Crippen molar-refractivity contribution >= 4 is 11.6 Å². The molecule has 0 aliphatic carbocycles. The number of anilines is 1. The highest BCUT2D eigenvalue weighted by Crippen LogP contribution is 2.13. The zero-order valence-corrected chi connectivity index (χ0v) is 9.91. The van der Waals surface area contributed by atoms with Crippen LogP contribution in [0.2, 0.25) is 0 Å². The number of amides is 1. The van der Waals surface area contributed by atoms with E-state index in [0.717, 1.165) is 5.69 Å². The zero-order valence-electron chi connectivity index (χ0n) is 9.91. The van der Waals surface area contributed by atoms with Crippen LogP contribution >= 0.6 is 0 Å². The van der Waals surface area contributed by atoms with Crippen LogP contribution in [-0.4, -0.2) is 32.7 Å². The van der Waals surface area contributed by atoms with Crippen LogP contribution in [0.25, 0.3) is 0 Å². The summed E-state index contributed by atoms with van der Waals surface area (Å²) in [7, 11) is 3.41. The Hall–Kier alpha value is -1.55. The third kappa shape index (κ3) is 3.24. The summed E-state index contributed by atoms with van der Waals surface area (Å²) in [6.07, 6.45) is 0. The highest BCUT2D eigenvalue weighted by molar-refractivity contribution is 5.99. The smallest absolute Gasteiger partial charge is 0.253 e. The van der Waals surface area contributed by atoms with Crippen molar-refractivity contribution in [1.29, 1.82) is 0 Å². The molecule has 2 N–H and O–H groups in total. The number of nitrogens with one attached hydrogen (secondary N) is 2. The van der Waals surface area contributed by atoms with Gasteiger partial charge in [0, 0.05) is 25.9 Å². The van der Waals surface area contributed by atoms with E-state index in [4.69, 9.17) is 4.74 Å². The highest BCUT2D eigenvalue weighted by Gasteiger charge is 2.12. The van der Waals surface area contributed by atoms with Crippen molar-refractivity contribution in [3.63, 3.8) is 0 Å². The van der Waals surface area contributed by atoms with Crippen molar-refractivity contribution in [3.8, 4) is 0 Å². The quantitative estimate of drug-likeness (QED) is 0.793. The zero-order chi connectivity index (χ0) is 12.0. The lowest BCUT2D eigenvalue weighted by molar-refractivity contribution is 0.0906. The van der Waals surface area contributed by atoms with Crippen LogP contribution < -0.4 is 10.6 Å². The summed E-state index contributed by atoms with van der Waals surface area (Å²) >= 11 is 0. The van der Waals surface area contributed by atoms with Crippen LogP contribution in [0.4, 0.5) is 5.69 Å². The topological polar surface area (TPSA) is 50.4 Å². The lowest BCUT2D eigenvalue weighted by atomic mass is 10.1. The first kappa shape index (κ1) is 12.5. The molecular formula is C12H18N2O2. The first-order chi connectivity index (χ1) is 7.69. The van der Waals surface area contributed by atoms with Crippen molar-refractivity contribution in [1.82, 2.24) is 5.32 Å². The Bertz CT molecular complexity index is 353. The monoisotopic (exact) mass is 222 g/mol. The molecule has 0 fully saturated rings. The third-order valence-electron chi connectivity index (χ3n) is 2.24. The predicted molar refractivity (Wildman–Crippen MR) is 64.8 cm³/mol. The minimum Gasteiger partial charge on any atom is -0.387 e. The van der Waals surface area contributed by atoms with Gasteiger partial charge in [-0.25, -0.2) is 0 Å². The molecule has 0 aromatic heterocycles. The molecule has 1 aromatic carbocycles. The number of hydrogen-bond acceptors (Lipinski definition) is 3. The first-order valence-corrected chi connectivity index (χ1v) is 5.25. The van der Waals surface area contributed by atoms with Gasteiger partial charge in [0.1, 0.15) is 0 Å².